The first-order valence-corrected chi connectivity index (χ1v) is 6.39. The van der Waals surface area contributed by atoms with Crippen LogP contribution in [-0.2, 0) is 6.42 Å². The minimum absolute atomic E-state index is 0.193. The summed E-state index contributed by atoms with van der Waals surface area (Å²) in [6.07, 6.45) is 0.914. The van der Waals surface area contributed by atoms with Crippen molar-refractivity contribution in [2.75, 3.05) is 25.4 Å². The molecule has 0 saturated carbocycles. The van der Waals surface area contributed by atoms with E-state index in [4.69, 9.17) is 11.5 Å². The van der Waals surface area contributed by atoms with E-state index in [0.717, 1.165) is 37.3 Å². The van der Waals surface area contributed by atoms with Crippen molar-refractivity contribution >= 4 is 5.69 Å². The Morgan fingerprint density at radius 3 is 2.41 bits per heavy atom. The molecular weight excluding hydrogens is 210 g/mol. The molecule has 4 N–H and O–H groups in total. The Kier molecular flexibility index (Phi) is 5.45. The summed E-state index contributed by atoms with van der Waals surface area (Å²) in [4.78, 5) is 2.36. The van der Waals surface area contributed by atoms with Crippen LogP contribution in [0.5, 0.6) is 0 Å². The Labute approximate surface area is 105 Å². The number of hydrogen-bond donors (Lipinski definition) is 2. The van der Waals surface area contributed by atoms with Gasteiger partial charge in [0.1, 0.15) is 0 Å². The monoisotopic (exact) mass is 235 g/mol. The van der Waals surface area contributed by atoms with Gasteiger partial charge in [-0.1, -0.05) is 26.0 Å². The highest BCUT2D eigenvalue weighted by atomic mass is 15.1. The molecule has 0 aliphatic heterocycles. The van der Waals surface area contributed by atoms with Crippen molar-refractivity contribution in [3.8, 4) is 0 Å². The first kappa shape index (κ1) is 14.0. The molecule has 0 amide bonds. The van der Waals surface area contributed by atoms with Crippen LogP contribution in [0.4, 0.5) is 5.69 Å². The van der Waals surface area contributed by atoms with Crippen LogP contribution < -0.4 is 11.5 Å². The van der Waals surface area contributed by atoms with Gasteiger partial charge in [-0.2, -0.15) is 0 Å². The van der Waals surface area contributed by atoms with Gasteiger partial charge in [-0.3, -0.25) is 0 Å². The quantitative estimate of drug-likeness (QED) is 0.739. The lowest BCUT2D eigenvalue weighted by molar-refractivity contribution is 0.282. The van der Waals surface area contributed by atoms with Crippen molar-refractivity contribution in [2.45, 2.75) is 33.2 Å². The molecule has 1 rings (SSSR count). The minimum Gasteiger partial charge on any atom is -0.399 e. The Morgan fingerprint density at radius 2 is 1.88 bits per heavy atom. The van der Waals surface area contributed by atoms with E-state index in [-0.39, 0.29) is 6.04 Å². The zero-order valence-corrected chi connectivity index (χ0v) is 11.2. The lowest BCUT2D eigenvalue weighted by Gasteiger charge is -2.22. The van der Waals surface area contributed by atoms with E-state index in [2.05, 4.69) is 30.9 Å². The molecular formula is C14H25N3. The minimum atomic E-state index is 0.193. The van der Waals surface area contributed by atoms with Gasteiger partial charge < -0.3 is 16.4 Å². The molecule has 3 nitrogen and oxygen atoms in total. The number of nitrogens with zero attached hydrogens (tertiary/aromatic N) is 1. The molecule has 0 fully saturated rings. The number of likely N-dealkylation sites (N-methyl/N-ethyl adjacent to an activating group) is 1. The third-order valence-corrected chi connectivity index (χ3v) is 3.22. The summed E-state index contributed by atoms with van der Waals surface area (Å²) < 4.78 is 0. The molecule has 3 heteroatoms. The third-order valence-electron chi connectivity index (χ3n) is 3.22. The summed E-state index contributed by atoms with van der Waals surface area (Å²) in [6.45, 7) is 9.45. The molecule has 0 aliphatic rings. The largest absolute Gasteiger partial charge is 0.399 e. The van der Waals surface area contributed by atoms with Crippen LogP contribution in [0.25, 0.3) is 0 Å². The number of nitrogen functional groups attached to an aromatic ring is 1. The van der Waals surface area contributed by atoms with E-state index >= 15 is 0 Å². The van der Waals surface area contributed by atoms with Crippen LogP contribution in [-0.4, -0.2) is 30.6 Å². The van der Waals surface area contributed by atoms with Crippen LogP contribution in [0.3, 0.4) is 0 Å². The summed E-state index contributed by atoms with van der Waals surface area (Å²) in [7, 11) is 0. The van der Waals surface area contributed by atoms with Crippen LogP contribution in [0.15, 0.2) is 18.2 Å². The summed E-state index contributed by atoms with van der Waals surface area (Å²) in [6, 6.07) is 6.37. The fourth-order valence-corrected chi connectivity index (χ4v) is 2.05. The fraction of sp³-hybridized carbons (Fsp3) is 0.571. The Hall–Kier alpha value is -1.06. The lowest BCUT2D eigenvalue weighted by Crippen LogP contribution is -2.38. The topological polar surface area (TPSA) is 55.3 Å². The molecule has 0 heterocycles. The van der Waals surface area contributed by atoms with E-state index in [0.29, 0.717) is 0 Å². The average Bonchev–Trinajstić information content (AvgIpc) is 2.31. The van der Waals surface area contributed by atoms with Crippen molar-refractivity contribution in [3.05, 3.63) is 29.3 Å². The molecule has 0 aromatic heterocycles. The normalized spacial score (nSPS) is 13.0. The molecule has 0 spiro atoms. The molecule has 0 aliphatic carbocycles. The number of rotatable bonds is 6. The van der Waals surface area contributed by atoms with Gasteiger partial charge in [0.2, 0.25) is 0 Å². The number of anilines is 1. The molecule has 0 saturated heterocycles. The molecule has 17 heavy (non-hydrogen) atoms. The molecule has 1 unspecified atom stereocenters. The van der Waals surface area contributed by atoms with Crippen LogP contribution in [0.2, 0.25) is 0 Å². The average molecular weight is 235 g/mol. The molecule has 1 aromatic carbocycles. The Balaban J connectivity index is 2.55. The number of benzene rings is 1. The second-order valence-electron chi connectivity index (χ2n) is 4.64. The molecule has 1 atom stereocenters. The van der Waals surface area contributed by atoms with E-state index in [1.54, 1.807) is 0 Å². The second-order valence-corrected chi connectivity index (χ2v) is 4.64. The van der Waals surface area contributed by atoms with Gasteiger partial charge in [-0.05, 0) is 43.6 Å². The second kappa shape index (κ2) is 6.62. The van der Waals surface area contributed by atoms with Gasteiger partial charge >= 0.3 is 0 Å². The van der Waals surface area contributed by atoms with Gasteiger partial charge in [0.15, 0.2) is 0 Å². The highest BCUT2D eigenvalue weighted by Crippen LogP contribution is 2.13. The zero-order chi connectivity index (χ0) is 12.8. The standard InChI is InChI=1S/C14H25N3/c1-4-17(5-2)10-13(15)9-12-6-7-14(16)11(3)8-12/h6-8,13H,4-5,9-10,15-16H2,1-3H3. The summed E-state index contributed by atoms with van der Waals surface area (Å²) in [5, 5.41) is 0. The smallest absolute Gasteiger partial charge is 0.0343 e. The summed E-state index contributed by atoms with van der Waals surface area (Å²) in [5.41, 5.74) is 15.2. The molecule has 0 bridgehead atoms. The van der Waals surface area contributed by atoms with E-state index in [1.165, 1.54) is 5.56 Å². The van der Waals surface area contributed by atoms with Gasteiger partial charge in [0.25, 0.3) is 0 Å². The Morgan fingerprint density at radius 1 is 1.24 bits per heavy atom. The van der Waals surface area contributed by atoms with Gasteiger partial charge in [0.05, 0.1) is 0 Å². The Bertz CT molecular complexity index is 345. The van der Waals surface area contributed by atoms with Crippen LogP contribution >= 0.6 is 0 Å². The number of aryl methyl sites for hydroxylation is 1. The van der Waals surface area contributed by atoms with E-state index in [1.807, 2.05) is 13.0 Å². The van der Waals surface area contributed by atoms with Crippen LogP contribution in [0.1, 0.15) is 25.0 Å². The fourth-order valence-electron chi connectivity index (χ4n) is 2.05. The highest BCUT2D eigenvalue weighted by Gasteiger charge is 2.08. The zero-order valence-electron chi connectivity index (χ0n) is 11.2. The summed E-state index contributed by atoms with van der Waals surface area (Å²) >= 11 is 0. The predicted octanol–water partition coefficient (Wildman–Crippen LogP) is 1.79. The van der Waals surface area contributed by atoms with Crippen molar-refractivity contribution in [1.29, 1.82) is 0 Å². The summed E-state index contributed by atoms with van der Waals surface area (Å²) in [5.74, 6) is 0. The first-order valence-electron chi connectivity index (χ1n) is 6.39. The lowest BCUT2D eigenvalue weighted by atomic mass is 10.0. The SMILES string of the molecule is CCN(CC)CC(N)Cc1ccc(N)c(C)c1. The maximum atomic E-state index is 6.17. The maximum absolute atomic E-state index is 6.17. The first-order chi connectivity index (χ1) is 8.06. The predicted molar refractivity (Wildman–Crippen MR) is 75.1 cm³/mol. The van der Waals surface area contributed by atoms with E-state index < -0.39 is 0 Å². The third kappa shape index (κ3) is 4.36. The van der Waals surface area contributed by atoms with Crippen molar-refractivity contribution in [2.24, 2.45) is 5.73 Å². The number of hydrogen-bond acceptors (Lipinski definition) is 3. The molecule has 96 valence electrons. The van der Waals surface area contributed by atoms with Crippen molar-refractivity contribution in [1.82, 2.24) is 4.90 Å². The number of nitrogens with two attached hydrogens (primary N) is 2. The molecule has 0 radical (unpaired) electrons. The molecule has 1 aromatic rings. The maximum Gasteiger partial charge on any atom is 0.0343 e. The highest BCUT2D eigenvalue weighted by molar-refractivity contribution is 5.47. The van der Waals surface area contributed by atoms with Gasteiger partial charge in [0, 0.05) is 18.3 Å². The van der Waals surface area contributed by atoms with Crippen molar-refractivity contribution < 1.29 is 0 Å². The van der Waals surface area contributed by atoms with Crippen LogP contribution in [0, 0.1) is 6.92 Å². The van der Waals surface area contributed by atoms with Gasteiger partial charge in [-0.25, -0.2) is 0 Å². The van der Waals surface area contributed by atoms with Gasteiger partial charge in [-0.15, -0.1) is 0 Å². The van der Waals surface area contributed by atoms with E-state index in [9.17, 15) is 0 Å². The van der Waals surface area contributed by atoms with Crippen molar-refractivity contribution in [3.63, 3.8) is 0 Å².